The molecule has 1 saturated heterocycles. The Balaban J connectivity index is 1.84. The lowest BCUT2D eigenvalue weighted by atomic mass is 9.73. The van der Waals surface area contributed by atoms with Gasteiger partial charge in [-0.2, -0.15) is 0 Å². The van der Waals surface area contributed by atoms with E-state index in [9.17, 15) is 0 Å². The summed E-state index contributed by atoms with van der Waals surface area (Å²) in [6, 6.07) is 0. The summed E-state index contributed by atoms with van der Waals surface area (Å²) in [6.07, 6.45) is 10.2. The van der Waals surface area contributed by atoms with Gasteiger partial charge in [0.1, 0.15) is 0 Å². The lowest BCUT2D eigenvalue weighted by molar-refractivity contribution is 0.00578. The van der Waals surface area contributed by atoms with Crippen molar-refractivity contribution in [1.29, 1.82) is 0 Å². The van der Waals surface area contributed by atoms with E-state index in [4.69, 9.17) is 9.31 Å². The van der Waals surface area contributed by atoms with E-state index in [0.29, 0.717) is 0 Å². The summed E-state index contributed by atoms with van der Waals surface area (Å²) in [5, 5.41) is 0. The molecule has 0 aromatic heterocycles. The standard InChI is InChI=1S/C14H18BNO2/c1-13(2)14(3,4)18-15(17-13)11-5-6-12-10(9-11)7-8-16-12/h5-10H,1-4H3/t10-/m1/s1. The van der Waals surface area contributed by atoms with Crippen molar-refractivity contribution in [1.82, 2.24) is 0 Å². The molecule has 94 valence electrons. The third-order valence-corrected chi connectivity index (χ3v) is 4.20. The zero-order valence-corrected chi connectivity index (χ0v) is 11.3. The maximum Gasteiger partial charge on any atom is 0.494 e. The normalized spacial score (nSPS) is 31.3. The van der Waals surface area contributed by atoms with Gasteiger partial charge in [-0.15, -0.1) is 0 Å². The fourth-order valence-corrected chi connectivity index (χ4v) is 2.28. The third-order valence-electron chi connectivity index (χ3n) is 4.20. The lowest BCUT2D eigenvalue weighted by Crippen LogP contribution is -2.41. The van der Waals surface area contributed by atoms with Crippen molar-refractivity contribution in [2.45, 2.75) is 38.9 Å². The Morgan fingerprint density at radius 1 is 1.11 bits per heavy atom. The highest BCUT2D eigenvalue weighted by Gasteiger charge is 2.52. The van der Waals surface area contributed by atoms with Gasteiger partial charge in [0.2, 0.25) is 0 Å². The summed E-state index contributed by atoms with van der Waals surface area (Å²) < 4.78 is 12.1. The molecule has 3 rings (SSSR count). The molecule has 0 aromatic rings. The first-order valence-electron chi connectivity index (χ1n) is 6.39. The molecular formula is C14H18BNO2. The maximum atomic E-state index is 6.05. The van der Waals surface area contributed by atoms with Crippen molar-refractivity contribution < 1.29 is 9.31 Å². The van der Waals surface area contributed by atoms with Gasteiger partial charge in [0.15, 0.2) is 0 Å². The molecule has 2 heterocycles. The summed E-state index contributed by atoms with van der Waals surface area (Å²) in [4.78, 5) is 4.30. The van der Waals surface area contributed by atoms with Crippen LogP contribution in [0, 0.1) is 5.92 Å². The first-order valence-corrected chi connectivity index (χ1v) is 6.39. The number of rotatable bonds is 1. The van der Waals surface area contributed by atoms with Crippen molar-refractivity contribution in [3.05, 3.63) is 36.0 Å². The molecule has 3 nitrogen and oxygen atoms in total. The van der Waals surface area contributed by atoms with Crippen LogP contribution in [0.3, 0.4) is 0 Å². The molecule has 0 N–H and O–H groups in total. The number of hydrogen-bond acceptors (Lipinski definition) is 3. The van der Waals surface area contributed by atoms with E-state index < -0.39 is 0 Å². The second kappa shape index (κ2) is 3.68. The fourth-order valence-electron chi connectivity index (χ4n) is 2.28. The van der Waals surface area contributed by atoms with Crippen LogP contribution in [0.15, 0.2) is 41.0 Å². The van der Waals surface area contributed by atoms with Crippen molar-refractivity contribution in [3.8, 4) is 0 Å². The van der Waals surface area contributed by atoms with Gasteiger partial charge in [0.25, 0.3) is 0 Å². The van der Waals surface area contributed by atoms with Crippen molar-refractivity contribution in [3.63, 3.8) is 0 Å². The Bertz CT molecular complexity index is 484. The maximum absolute atomic E-state index is 6.05. The quantitative estimate of drug-likeness (QED) is 0.663. The van der Waals surface area contributed by atoms with Gasteiger partial charge < -0.3 is 9.31 Å². The zero-order chi connectivity index (χ0) is 13.0. The molecular weight excluding hydrogens is 225 g/mol. The molecule has 2 aliphatic heterocycles. The van der Waals surface area contributed by atoms with Crippen LogP contribution in [-0.4, -0.2) is 24.0 Å². The van der Waals surface area contributed by atoms with Crippen molar-refractivity contribution in [2.75, 3.05) is 0 Å². The fraction of sp³-hybridized carbons (Fsp3) is 0.500. The van der Waals surface area contributed by atoms with Crippen LogP contribution in [0.25, 0.3) is 0 Å². The van der Waals surface area contributed by atoms with E-state index in [1.165, 1.54) is 0 Å². The smallest absolute Gasteiger partial charge is 0.399 e. The van der Waals surface area contributed by atoms with Crippen LogP contribution in [0.4, 0.5) is 0 Å². The van der Waals surface area contributed by atoms with Crippen molar-refractivity contribution >= 4 is 12.8 Å². The van der Waals surface area contributed by atoms with E-state index in [1.54, 1.807) is 0 Å². The van der Waals surface area contributed by atoms with E-state index in [1.807, 2.05) is 18.4 Å². The molecule has 0 saturated carbocycles. The molecule has 4 heteroatoms. The Morgan fingerprint density at radius 3 is 2.44 bits per heavy atom. The molecule has 0 unspecified atom stereocenters. The highest BCUT2D eigenvalue weighted by molar-refractivity contribution is 6.56. The zero-order valence-electron chi connectivity index (χ0n) is 11.3. The van der Waals surface area contributed by atoms with Crippen LogP contribution >= 0.6 is 0 Å². The second-order valence-corrected chi connectivity index (χ2v) is 6.01. The van der Waals surface area contributed by atoms with Crippen LogP contribution in [0.1, 0.15) is 27.7 Å². The van der Waals surface area contributed by atoms with Gasteiger partial charge in [-0.3, -0.25) is 4.99 Å². The van der Waals surface area contributed by atoms with Crippen LogP contribution < -0.4 is 0 Å². The lowest BCUT2D eigenvalue weighted by Gasteiger charge is -2.32. The number of hydrogen-bond donors (Lipinski definition) is 0. The number of allylic oxidation sites excluding steroid dienone is 5. The van der Waals surface area contributed by atoms with Crippen molar-refractivity contribution in [2.24, 2.45) is 10.9 Å². The minimum atomic E-state index is -0.285. The summed E-state index contributed by atoms with van der Waals surface area (Å²) >= 11 is 0. The van der Waals surface area contributed by atoms with Crippen LogP contribution in [0.5, 0.6) is 0 Å². The molecule has 0 spiro atoms. The Kier molecular flexibility index (Phi) is 2.44. The minimum Gasteiger partial charge on any atom is -0.399 e. The van der Waals surface area contributed by atoms with E-state index >= 15 is 0 Å². The predicted octanol–water partition coefficient (Wildman–Crippen LogP) is 2.70. The summed E-state index contributed by atoms with van der Waals surface area (Å²) in [7, 11) is -0.276. The average molecular weight is 243 g/mol. The highest BCUT2D eigenvalue weighted by Crippen LogP contribution is 2.39. The molecule has 0 aromatic carbocycles. The average Bonchev–Trinajstić information content (AvgIpc) is 2.80. The summed E-state index contributed by atoms with van der Waals surface area (Å²) in [6.45, 7) is 8.29. The van der Waals surface area contributed by atoms with Gasteiger partial charge >= 0.3 is 7.12 Å². The number of aliphatic imine (C=N–C) groups is 1. The molecule has 3 aliphatic rings. The topological polar surface area (TPSA) is 30.8 Å². The Morgan fingerprint density at radius 2 is 1.78 bits per heavy atom. The minimum absolute atomic E-state index is 0.276. The van der Waals surface area contributed by atoms with E-state index in [-0.39, 0.29) is 24.2 Å². The second-order valence-electron chi connectivity index (χ2n) is 6.01. The van der Waals surface area contributed by atoms with Crippen LogP contribution in [0.2, 0.25) is 0 Å². The van der Waals surface area contributed by atoms with Gasteiger partial charge in [0.05, 0.1) is 16.9 Å². The summed E-state index contributed by atoms with van der Waals surface area (Å²) in [5.41, 5.74) is 1.61. The predicted molar refractivity (Wildman–Crippen MR) is 73.4 cm³/mol. The molecule has 1 atom stereocenters. The van der Waals surface area contributed by atoms with Gasteiger partial charge in [-0.25, -0.2) is 0 Å². The first kappa shape index (κ1) is 11.9. The monoisotopic (exact) mass is 243 g/mol. The molecule has 1 aliphatic carbocycles. The van der Waals surface area contributed by atoms with Gasteiger partial charge in [0, 0.05) is 12.1 Å². The van der Waals surface area contributed by atoms with Gasteiger partial charge in [-0.1, -0.05) is 18.2 Å². The molecule has 0 radical (unpaired) electrons. The number of fused-ring (bicyclic) bond motifs is 1. The Hall–Kier alpha value is -1.13. The molecule has 18 heavy (non-hydrogen) atoms. The molecule has 0 amide bonds. The molecule has 1 fully saturated rings. The van der Waals surface area contributed by atoms with Gasteiger partial charge in [-0.05, 0) is 39.2 Å². The van der Waals surface area contributed by atoms with E-state index in [0.717, 1.165) is 11.2 Å². The number of nitrogens with zero attached hydrogens (tertiary/aromatic N) is 1. The Labute approximate surface area is 108 Å². The summed E-state index contributed by atoms with van der Waals surface area (Å²) in [5.74, 6) is 0.282. The first-order chi connectivity index (χ1) is 8.39. The van der Waals surface area contributed by atoms with Crippen LogP contribution in [-0.2, 0) is 9.31 Å². The van der Waals surface area contributed by atoms with E-state index in [2.05, 4.69) is 44.8 Å². The largest absolute Gasteiger partial charge is 0.494 e. The third kappa shape index (κ3) is 1.71. The SMILES string of the molecule is CC1(C)OB(C2=C[C@H]3C=CN=C3C=C2)OC1(C)C. The molecule has 0 bridgehead atoms. The highest BCUT2D eigenvalue weighted by atomic mass is 16.7.